The molecule has 0 bridgehead atoms. The zero-order valence-electron chi connectivity index (χ0n) is 8.42. The van der Waals surface area contributed by atoms with Crippen molar-refractivity contribution in [2.75, 3.05) is 13.7 Å². The highest BCUT2D eigenvalue weighted by Gasteiger charge is 2.41. The summed E-state index contributed by atoms with van der Waals surface area (Å²) in [5, 5.41) is 0. The van der Waals surface area contributed by atoms with Gasteiger partial charge in [0.25, 0.3) is 0 Å². The second kappa shape index (κ2) is 3.58. The molecule has 0 amide bonds. The van der Waals surface area contributed by atoms with Gasteiger partial charge in [-0.2, -0.15) is 0 Å². The molecule has 1 fully saturated rings. The van der Waals surface area contributed by atoms with Crippen molar-refractivity contribution in [3.8, 4) is 0 Å². The number of Topliss-reactive ketones (excluding diaryl/α,β-unsaturated/α-hetero) is 2. The van der Waals surface area contributed by atoms with Gasteiger partial charge in [-0.15, -0.1) is 0 Å². The second-order valence-electron chi connectivity index (χ2n) is 4.36. The Labute approximate surface area is 78.5 Å². The Morgan fingerprint density at radius 2 is 2.08 bits per heavy atom. The van der Waals surface area contributed by atoms with Crippen LogP contribution in [0.15, 0.2) is 0 Å². The quantitative estimate of drug-likeness (QED) is 0.606. The Balaban J connectivity index is 2.79. The van der Waals surface area contributed by atoms with Crippen molar-refractivity contribution in [1.29, 1.82) is 0 Å². The van der Waals surface area contributed by atoms with Crippen LogP contribution in [-0.2, 0) is 14.3 Å². The fourth-order valence-electron chi connectivity index (χ4n) is 1.93. The van der Waals surface area contributed by atoms with Crippen LogP contribution in [0.3, 0.4) is 0 Å². The van der Waals surface area contributed by atoms with Crippen molar-refractivity contribution < 1.29 is 14.3 Å². The lowest BCUT2D eigenvalue weighted by molar-refractivity contribution is -0.140. The molecule has 1 unspecified atom stereocenters. The fourth-order valence-corrected chi connectivity index (χ4v) is 1.93. The van der Waals surface area contributed by atoms with Gasteiger partial charge in [0.2, 0.25) is 0 Å². The molecule has 0 spiro atoms. The molecule has 0 aromatic carbocycles. The van der Waals surface area contributed by atoms with Gasteiger partial charge in [-0.25, -0.2) is 0 Å². The minimum absolute atomic E-state index is 0.0306. The Hall–Kier alpha value is -0.700. The summed E-state index contributed by atoms with van der Waals surface area (Å²) >= 11 is 0. The minimum Gasteiger partial charge on any atom is -0.384 e. The number of ether oxygens (including phenoxy) is 1. The van der Waals surface area contributed by atoms with Gasteiger partial charge in [0, 0.05) is 19.4 Å². The fraction of sp³-hybridized carbons (Fsp3) is 0.800. The molecule has 0 aromatic heterocycles. The largest absolute Gasteiger partial charge is 0.384 e. The van der Waals surface area contributed by atoms with Crippen molar-refractivity contribution in [3.63, 3.8) is 0 Å². The zero-order valence-corrected chi connectivity index (χ0v) is 8.42. The third-order valence-electron chi connectivity index (χ3n) is 2.69. The maximum atomic E-state index is 11.5. The average Bonchev–Trinajstić information content (AvgIpc) is 1.95. The lowest BCUT2D eigenvalue weighted by Gasteiger charge is -2.35. The third kappa shape index (κ3) is 2.15. The predicted molar refractivity (Wildman–Crippen MR) is 48.4 cm³/mol. The average molecular weight is 184 g/mol. The number of hydrogen-bond acceptors (Lipinski definition) is 3. The summed E-state index contributed by atoms with van der Waals surface area (Å²) in [7, 11) is 1.58. The van der Waals surface area contributed by atoms with E-state index in [2.05, 4.69) is 0 Å². The molecule has 3 heteroatoms. The summed E-state index contributed by atoms with van der Waals surface area (Å²) < 4.78 is 4.99. The van der Waals surface area contributed by atoms with E-state index >= 15 is 0 Å². The van der Waals surface area contributed by atoms with Gasteiger partial charge in [0.15, 0.2) is 0 Å². The van der Waals surface area contributed by atoms with Crippen LogP contribution in [0.4, 0.5) is 0 Å². The van der Waals surface area contributed by atoms with Gasteiger partial charge in [0.05, 0.1) is 13.0 Å². The summed E-state index contributed by atoms with van der Waals surface area (Å²) in [6.07, 6.45) is 0.588. The van der Waals surface area contributed by atoms with Crippen molar-refractivity contribution >= 4 is 11.6 Å². The Morgan fingerprint density at radius 3 is 2.54 bits per heavy atom. The van der Waals surface area contributed by atoms with Gasteiger partial charge in [-0.1, -0.05) is 13.8 Å². The Morgan fingerprint density at radius 1 is 1.46 bits per heavy atom. The van der Waals surface area contributed by atoms with E-state index in [0.717, 1.165) is 0 Å². The molecule has 0 aliphatic heterocycles. The smallest absolute Gasteiger partial charge is 0.146 e. The third-order valence-corrected chi connectivity index (χ3v) is 2.69. The van der Waals surface area contributed by atoms with Gasteiger partial charge >= 0.3 is 0 Å². The van der Waals surface area contributed by atoms with Crippen LogP contribution in [0.2, 0.25) is 0 Å². The summed E-state index contributed by atoms with van der Waals surface area (Å²) in [5.41, 5.74) is -0.234. The van der Waals surface area contributed by atoms with Crippen LogP contribution < -0.4 is 0 Å². The number of hydrogen-bond donors (Lipinski definition) is 0. The molecular formula is C10H16O3. The number of carbonyl (C=O) groups is 2. The van der Waals surface area contributed by atoms with E-state index in [1.54, 1.807) is 7.11 Å². The standard InChI is InChI=1S/C10H16O3/c1-10(2)5-7(11)4-9(12)8(10)6-13-3/h8H,4-6H2,1-3H3. The van der Waals surface area contributed by atoms with E-state index < -0.39 is 0 Å². The van der Waals surface area contributed by atoms with E-state index in [-0.39, 0.29) is 29.3 Å². The van der Waals surface area contributed by atoms with E-state index in [4.69, 9.17) is 4.74 Å². The molecule has 1 saturated carbocycles. The molecule has 0 N–H and O–H groups in total. The predicted octanol–water partition coefficient (Wildman–Crippen LogP) is 1.21. The highest BCUT2D eigenvalue weighted by atomic mass is 16.5. The van der Waals surface area contributed by atoms with Crippen LogP contribution in [-0.4, -0.2) is 25.3 Å². The van der Waals surface area contributed by atoms with Crippen molar-refractivity contribution in [3.05, 3.63) is 0 Å². The van der Waals surface area contributed by atoms with Crippen LogP contribution in [0.1, 0.15) is 26.7 Å². The van der Waals surface area contributed by atoms with Crippen molar-refractivity contribution in [2.45, 2.75) is 26.7 Å². The van der Waals surface area contributed by atoms with Gasteiger partial charge < -0.3 is 4.74 Å². The Bertz CT molecular complexity index is 230. The number of ketones is 2. The molecule has 0 aromatic rings. The van der Waals surface area contributed by atoms with E-state index in [1.165, 1.54) is 0 Å². The Kier molecular flexibility index (Phi) is 2.86. The minimum atomic E-state index is -0.234. The lowest BCUT2D eigenvalue weighted by Crippen LogP contribution is -2.41. The topological polar surface area (TPSA) is 43.4 Å². The molecule has 1 rings (SSSR count). The van der Waals surface area contributed by atoms with Crippen LogP contribution >= 0.6 is 0 Å². The zero-order chi connectivity index (χ0) is 10.1. The van der Waals surface area contributed by atoms with E-state index in [0.29, 0.717) is 13.0 Å². The first kappa shape index (κ1) is 10.4. The monoisotopic (exact) mass is 184 g/mol. The molecule has 74 valence electrons. The van der Waals surface area contributed by atoms with Crippen molar-refractivity contribution in [1.82, 2.24) is 0 Å². The van der Waals surface area contributed by atoms with Crippen molar-refractivity contribution in [2.24, 2.45) is 11.3 Å². The first-order valence-electron chi connectivity index (χ1n) is 4.50. The normalized spacial score (nSPS) is 27.8. The first-order valence-corrected chi connectivity index (χ1v) is 4.50. The van der Waals surface area contributed by atoms with Crippen LogP contribution in [0.5, 0.6) is 0 Å². The van der Waals surface area contributed by atoms with Gasteiger partial charge in [-0.3, -0.25) is 9.59 Å². The summed E-state index contributed by atoms with van der Waals surface area (Å²) in [5.74, 6) is -0.0272. The van der Waals surface area contributed by atoms with Crippen LogP contribution in [0.25, 0.3) is 0 Å². The number of methoxy groups -OCH3 is 1. The van der Waals surface area contributed by atoms with Gasteiger partial charge in [-0.05, 0) is 5.41 Å². The molecule has 1 aliphatic rings. The number of carbonyl (C=O) groups excluding carboxylic acids is 2. The maximum Gasteiger partial charge on any atom is 0.146 e. The molecule has 0 saturated heterocycles. The number of rotatable bonds is 2. The summed E-state index contributed by atoms with van der Waals surface area (Å²) in [6.45, 7) is 4.33. The second-order valence-corrected chi connectivity index (χ2v) is 4.36. The van der Waals surface area contributed by atoms with Gasteiger partial charge in [0.1, 0.15) is 11.6 Å². The molecule has 0 radical (unpaired) electrons. The molecule has 3 nitrogen and oxygen atoms in total. The summed E-state index contributed by atoms with van der Waals surface area (Å²) in [4.78, 5) is 22.7. The molecule has 0 heterocycles. The lowest BCUT2D eigenvalue weighted by atomic mass is 9.68. The van der Waals surface area contributed by atoms with E-state index in [9.17, 15) is 9.59 Å². The maximum absolute atomic E-state index is 11.5. The molecule has 1 aliphatic carbocycles. The summed E-state index contributed by atoms with van der Waals surface area (Å²) in [6, 6.07) is 0. The highest BCUT2D eigenvalue weighted by Crippen LogP contribution is 2.36. The SMILES string of the molecule is COCC1C(=O)CC(=O)CC1(C)C. The highest BCUT2D eigenvalue weighted by molar-refractivity contribution is 6.03. The molecule has 1 atom stereocenters. The first-order chi connectivity index (χ1) is 5.97. The molecule has 13 heavy (non-hydrogen) atoms. The van der Waals surface area contributed by atoms with Crippen LogP contribution in [0, 0.1) is 11.3 Å². The van der Waals surface area contributed by atoms with E-state index in [1.807, 2.05) is 13.8 Å². The molecular weight excluding hydrogens is 168 g/mol.